The van der Waals surface area contributed by atoms with Crippen LogP contribution in [-0.4, -0.2) is 148 Å². The number of thiazole rings is 2. The van der Waals surface area contributed by atoms with Crippen molar-refractivity contribution >= 4 is 125 Å². The summed E-state index contributed by atoms with van der Waals surface area (Å²) < 4.78 is 85.9. The molecule has 2 heterocycles. The number of hydrogen-bond acceptors (Lipinski definition) is 33. The molecule has 0 aliphatic carbocycles. The molecular formula is C105H112N6O25S2. The summed E-state index contributed by atoms with van der Waals surface area (Å²) in [7, 11) is 0. The highest BCUT2D eigenvalue weighted by Gasteiger charge is 2.25. The van der Waals surface area contributed by atoms with Gasteiger partial charge in [0.1, 0.15) is 34.5 Å². The van der Waals surface area contributed by atoms with Crippen LogP contribution in [0.25, 0.3) is 20.4 Å². The third-order valence-corrected chi connectivity index (χ3v) is 21.7. The average molecular weight is 1920 g/mol. The first-order valence-corrected chi connectivity index (χ1v) is 46.7. The van der Waals surface area contributed by atoms with Crippen LogP contribution in [-0.2, 0) is 52.5 Å². The molecule has 724 valence electrons. The van der Waals surface area contributed by atoms with Crippen LogP contribution in [0.1, 0.15) is 188 Å². The molecular weight excluding hydrogens is 1810 g/mol. The maximum absolute atomic E-state index is 13.8. The van der Waals surface area contributed by atoms with E-state index < -0.39 is 59.7 Å². The van der Waals surface area contributed by atoms with Crippen molar-refractivity contribution in [3.63, 3.8) is 0 Å². The van der Waals surface area contributed by atoms with Gasteiger partial charge >= 0.3 is 59.7 Å². The lowest BCUT2D eigenvalue weighted by Gasteiger charge is -2.16. The highest BCUT2D eigenvalue weighted by Crippen LogP contribution is 2.39. The lowest BCUT2D eigenvalue weighted by atomic mass is 10.1. The van der Waals surface area contributed by atoms with E-state index in [0.717, 1.165) is 166 Å². The minimum absolute atomic E-state index is 0.0507. The second kappa shape index (κ2) is 60.1. The minimum atomic E-state index is -0.814. The van der Waals surface area contributed by atoms with Crippen LogP contribution in [0, 0.1) is 0 Å². The Morgan fingerprint density at radius 1 is 0.304 bits per heavy atom. The average Bonchev–Trinajstić information content (AvgIpc) is 1.17. The Labute approximate surface area is 808 Å². The third kappa shape index (κ3) is 38.5. The number of anilines is 2. The van der Waals surface area contributed by atoms with Gasteiger partial charge in [-0.3, -0.25) is 10.9 Å². The van der Waals surface area contributed by atoms with E-state index in [1.807, 2.05) is 48.5 Å². The van der Waals surface area contributed by atoms with Crippen molar-refractivity contribution in [1.82, 2.24) is 9.97 Å². The van der Waals surface area contributed by atoms with Crippen LogP contribution in [0.15, 0.2) is 255 Å². The van der Waals surface area contributed by atoms with Gasteiger partial charge < -0.3 is 71.1 Å². The first kappa shape index (κ1) is 106. The number of esters is 10. The zero-order valence-electron chi connectivity index (χ0n) is 77.0. The number of ether oxygens (including phenoxy) is 15. The number of nitrogens with zero attached hydrogens (tertiary/aromatic N) is 4. The fourth-order valence-corrected chi connectivity index (χ4v) is 14.1. The van der Waals surface area contributed by atoms with Crippen molar-refractivity contribution in [3.05, 3.63) is 279 Å². The molecule has 0 spiro atoms. The number of hydrazone groups is 2. The first-order valence-electron chi connectivity index (χ1n) is 45.1. The van der Waals surface area contributed by atoms with Crippen LogP contribution in [0.2, 0.25) is 0 Å². The highest BCUT2D eigenvalue weighted by atomic mass is 32.1. The molecule has 10 aromatic rings. The van der Waals surface area contributed by atoms with Gasteiger partial charge in [0.2, 0.25) is 10.3 Å². The molecule has 31 nitrogen and oxygen atoms in total. The standard InChI is InChI=1S/C55H61N3O13S.C50H51N3O12S/c1-4-50(59)67-34-18-10-7-15-31-64-43-27-23-40(24-28-43)53(62)70-46-38-47(66-33-17-9-12-20-36-69-52(61)6-3)48(37-42(46)39-56-58-55-57-45-21-13-14-22-49(45)72-55)71-54(63)41-25-29-44(30-26-41)65-32-16-8-11-19-35-68-51(60)5-2;1-5-45(54)61-29-15-9-7-13-27-59-38-23-19-35(20-24-38)48(57)63-41-32-43(64-47(56)34(3)4)42(31-37(41)33-51-53-50-52-40-17-11-12-18-44(40)66-50)65-49(58)36-21-25-39(26-22-36)60-28-14-8-10-16-30-62-46(55)6-2/h4-6,13-14,21-30,37-39H,1-3,7-12,15-20,31-36H2,(H,57,58);5-6,11-12,17-26,31-33H,1-3,7-10,13-16,27-30H2,4H3,(H,52,53)/b56-39+;51-33+. The van der Waals surface area contributed by atoms with E-state index in [4.69, 9.17) is 71.1 Å². The van der Waals surface area contributed by atoms with Crippen molar-refractivity contribution in [3.8, 4) is 57.5 Å². The summed E-state index contributed by atoms with van der Waals surface area (Å²) >= 11 is 2.79. The summed E-state index contributed by atoms with van der Waals surface area (Å²) in [5.41, 5.74) is 8.82. The van der Waals surface area contributed by atoms with Gasteiger partial charge in [0.25, 0.3) is 0 Å². The number of rotatable bonds is 61. The Kier molecular flexibility index (Phi) is 46.3. The van der Waals surface area contributed by atoms with Crippen LogP contribution in [0.3, 0.4) is 0 Å². The van der Waals surface area contributed by atoms with Crippen molar-refractivity contribution in [2.45, 2.75) is 135 Å². The van der Waals surface area contributed by atoms with E-state index in [9.17, 15) is 47.9 Å². The summed E-state index contributed by atoms with van der Waals surface area (Å²) in [5.74, 6) is -3.84. The summed E-state index contributed by atoms with van der Waals surface area (Å²) in [5, 5.41) is 9.78. The molecule has 10 rings (SSSR count). The van der Waals surface area contributed by atoms with E-state index in [-0.39, 0.29) is 86.7 Å². The predicted molar refractivity (Wildman–Crippen MR) is 526 cm³/mol. The predicted octanol–water partition coefficient (Wildman–Crippen LogP) is 21.2. The van der Waals surface area contributed by atoms with Gasteiger partial charge in [0, 0.05) is 59.2 Å². The maximum atomic E-state index is 13.8. The van der Waals surface area contributed by atoms with E-state index in [1.54, 1.807) is 84.9 Å². The molecule has 0 amide bonds. The SMILES string of the molecule is C=CC(=O)OCCCCCCOc1ccc(C(=O)Oc2cc(OC(=O)C(=C)C)c(OC(=O)c3ccc(OCCCCCCOC(=O)C=C)cc3)cc2/C=N/Nc2nc3ccccc3s2)cc1.C=CC(=O)OCCCCCCOc1ccc(C(=O)Oc2cc(OCCCCCCOC(=O)C=C)c(OC(=O)c3ccc(OCCCCCCOC(=O)C=C)cc3)cc2/C=N/Nc2nc3ccccc3s2)cc1. The molecule has 0 fully saturated rings. The van der Waals surface area contributed by atoms with Crippen molar-refractivity contribution in [2.24, 2.45) is 10.2 Å². The molecule has 0 saturated heterocycles. The molecule has 0 aliphatic heterocycles. The van der Waals surface area contributed by atoms with Crippen LogP contribution < -0.4 is 58.2 Å². The lowest BCUT2D eigenvalue weighted by Crippen LogP contribution is -2.15. The van der Waals surface area contributed by atoms with Gasteiger partial charge in [0.15, 0.2) is 23.0 Å². The number of fused-ring (bicyclic) bond motifs is 2. The largest absolute Gasteiger partial charge is 0.494 e. The molecule has 0 saturated carbocycles. The van der Waals surface area contributed by atoms with Crippen LogP contribution >= 0.6 is 22.7 Å². The van der Waals surface area contributed by atoms with E-state index in [1.165, 1.54) is 78.4 Å². The summed E-state index contributed by atoms with van der Waals surface area (Å²) in [6.07, 6.45) is 24.4. The Bertz CT molecular complexity index is 5750. The molecule has 2 N–H and O–H groups in total. The number of hydrogen-bond donors (Lipinski definition) is 2. The number of unbranched alkanes of at least 4 members (excludes halogenated alkanes) is 15. The van der Waals surface area contributed by atoms with Crippen molar-refractivity contribution in [1.29, 1.82) is 0 Å². The third-order valence-electron chi connectivity index (χ3n) is 19.8. The van der Waals surface area contributed by atoms with E-state index >= 15 is 0 Å². The molecule has 0 atom stereocenters. The number of aromatic nitrogens is 2. The normalized spacial score (nSPS) is 10.8. The Balaban J connectivity index is 0.000000310. The summed E-state index contributed by atoms with van der Waals surface area (Å²) in [6, 6.07) is 46.8. The monoisotopic (exact) mass is 1920 g/mol. The Morgan fingerprint density at radius 3 is 0.841 bits per heavy atom. The number of carbonyl (C=O) groups excluding carboxylic acids is 10. The number of nitrogens with one attached hydrogen (secondary N) is 2. The lowest BCUT2D eigenvalue weighted by molar-refractivity contribution is -0.138. The highest BCUT2D eigenvalue weighted by molar-refractivity contribution is 7.22. The van der Waals surface area contributed by atoms with Gasteiger partial charge in [-0.2, -0.15) is 10.2 Å². The maximum Gasteiger partial charge on any atom is 0.343 e. The number of benzene rings is 8. The second-order valence-corrected chi connectivity index (χ2v) is 32.4. The quantitative estimate of drug-likeness (QED) is 0.00680. The van der Waals surface area contributed by atoms with Gasteiger partial charge in [-0.15, -0.1) is 0 Å². The van der Waals surface area contributed by atoms with Crippen LogP contribution in [0.5, 0.6) is 57.5 Å². The van der Waals surface area contributed by atoms with E-state index in [0.29, 0.717) is 99.0 Å². The van der Waals surface area contributed by atoms with Crippen molar-refractivity contribution < 1.29 is 119 Å². The molecule has 0 aliphatic rings. The fourth-order valence-electron chi connectivity index (χ4n) is 12.5. The van der Waals surface area contributed by atoms with Gasteiger partial charge in [-0.05, 0) is 269 Å². The molecule has 0 unspecified atom stereocenters. The first-order chi connectivity index (χ1) is 67.2. The zero-order chi connectivity index (χ0) is 98.3. The number of carbonyl (C=O) groups is 10. The zero-order valence-corrected chi connectivity index (χ0v) is 78.6. The van der Waals surface area contributed by atoms with Gasteiger partial charge in [0.05, 0.1) is 121 Å². The van der Waals surface area contributed by atoms with Gasteiger partial charge in [-0.25, -0.2) is 57.9 Å². The molecule has 138 heavy (non-hydrogen) atoms. The Hall–Kier alpha value is -15.4. The van der Waals surface area contributed by atoms with E-state index in [2.05, 4.69) is 70.5 Å². The summed E-state index contributed by atoms with van der Waals surface area (Å²) in [4.78, 5) is 133. The molecule has 33 heteroatoms. The molecule has 0 radical (unpaired) electrons. The summed E-state index contributed by atoms with van der Waals surface area (Å²) in [6.45, 7) is 25.8. The van der Waals surface area contributed by atoms with Crippen molar-refractivity contribution in [2.75, 3.05) is 76.9 Å². The minimum Gasteiger partial charge on any atom is -0.494 e. The molecule has 8 aromatic carbocycles. The smallest absolute Gasteiger partial charge is 0.343 e. The van der Waals surface area contributed by atoms with Crippen LogP contribution in [0.4, 0.5) is 10.3 Å². The number of para-hydroxylation sites is 2. The second-order valence-electron chi connectivity index (χ2n) is 30.4. The molecule has 2 aromatic heterocycles. The topological polar surface area (TPSA) is 384 Å². The molecule has 0 bridgehead atoms. The fraction of sp³-hybridized carbons (Fsp3) is 0.295. The van der Waals surface area contributed by atoms with Gasteiger partial charge in [-0.1, -0.05) is 86.4 Å². The Morgan fingerprint density at radius 2 is 0.558 bits per heavy atom.